The van der Waals surface area contributed by atoms with Crippen molar-refractivity contribution in [2.24, 2.45) is 7.05 Å². The summed E-state index contributed by atoms with van der Waals surface area (Å²) < 4.78 is 18.5. The second-order valence-corrected chi connectivity index (χ2v) is 14.9. The van der Waals surface area contributed by atoms with Gasteiger partial charge in [-0.15, -0.1) is 0 Å². The first-order valence-corrected chi connectivity index (χ1v) is 19.7. The molecule has 3 aliphatic rings. The Morgan fingerprint density at radius 1 is 0.877 bits per heavy atom. The number of rotatable bonds is 18. The van der Waals surface area contributed by atoms with Crippen LogP contribution in [-0.4, -0.2) is 134 Å². The van der Waals surface area contributed by atoms with Crippen molar-refractivity contribution in [2.75, 3.05) is 83.5 Å². The van der Waals surface area contributed by atoms with E-state index in [0.717, 1.165) is 30.0 Å². The Hall–Kier alpha value is -5.01. The second-order valence-electron chi connectivity index (χ2n) is 14.1. The van der Waals surface area contributed by atoms with Crippen LogP contribution in [0.1, 0.15) is 61.8 Å². The number of anilines is 2. The molecular formula is C39H47BrN8O9. The Morgan fingerprint density at radius 2 is 1.58 bits per heavy atom. The molecule has 2 aromatic carbocycles. The third kappa shape index (κ3) is 10.3. The number of hydrogen-bond acceptors (Lipinski definition) is 13. The fourth-order valence-electron chi connectivity index (χ4n) is 7.20. The molecule has 3 aromatic rings. The number of likely N-dealkylation sites (tertiary alicyclic amines) is 1. The molecule has 0 radical (unpaired) electrons. The lowest BCUT2D eigenvalue weighted by atomic mass is 9.87. The van der Waals surface area contributed by atoms with Crippen LogP contribution in [0.3, 0.4) is 0 Å². The average Bonchev–Trinajstić information content (AvgIpc) is 3.45. The van der Waals surface area contributed by atoms with E-state index < -0.39 is 29.7 Å². The number of nitrogens with one attached hydrogen (secondary N) is 4. The molecule has 1 unspecified atom stereocenters. The largest absolute Gasteiger partial charge is 0.382 e. The van der Waals surface area contributed by atoms with Gasteiger partial charge in [0.1, 0.15) is 10.5 Å². The van der Waals surface area contributed by atoms with Gasteiger partial charge in [0.2, 0.25) is 11.8 Å². The van der Waals surface area contributed by atoms with Crippen LogP contribution < -0.4 is 26.8 Å². The van der Waals surface area contributed by atoms with Gasteiger partial charge in [-0.1, -0.05) is 18.2 Å². The number of benzene rings is 2. The van der Waals surface area contributed by atoms with Crippen molar-refractivity contribution in [3.8, 4) is 0 Å². The van der Waals surface area contributed by atoms with Crippen molar-refractivity contribution < 1.29 is 38.2 Å². The van der Waals surface area contributed by atoms with Gasteiger partial charge in [0.05, 0.1) is 62.7 Å². The summed E-state index contributed by atoms with van der Waals surface area (Å²) in [7, 11) is 3.68. The van der Waals surface area contributed by atoms with Crippen LogP contribution in [0, 0.1) is 0 Å². The Bertz CT molecular complexity index is 2030. The van der Waals surface area contributed by atoms with Crippen LogP contribution in [0.25, 0.3) is 0 Å². The van der Waals surface area contributed by atoms with Gasteiger partial charge < -0.3 is 35.1 Å². The molecule has 2 fully saturated rings. The molecule has 18 heteroatoms. The lowest BCUT2D eigenvalue weighted by Gasteiger charge is -2.37. The van der Waals surface area contributed by atoms with E-state index in [9.17, 15) is 28.8 Å². The highest BCUT2D eigenvalue weighted by atomic mass is 79.9. The molecule has 57 heavy (non-hydrogen) atoms. The molecule has 0 spiro atoms. The fourth-order valence-corrected chi connectivity index (χ4v) is 7.68. The lowest BCUT2D eigenvalue weighted by Crippen LogP contribution is -2.54. The van der Waals surface area contributed by atoms with E-state index >= 15 is 0 Å². The van der Waals surface area contributed by atoms with E-state index in [-0.39, 0.29) is 47.4 Å². The number of amides is 5. The summed E-state index contributed by atoms with van der Waals surface area (Å²) in [5.74, 6) is -2.13. The standard InChI is InChI=1S/C39H47BrN8O9/c1-46-22-26(20-27(23-46)44-30-21-43-47(2)39(54)34(30)40)24-6-8-25(9-7-24)35(50)42-13-15-56-17-19-57-18-16-55-14-12-41-29-5-3-4-28-33(29)38(53)48(37(28)52)31-10-11-32(49)45-36(31)51/h3-9,21,26-27,31,41,44H,10-20,22-23H2,1-2H3,(H,42,50)(H,45,49,51)/t26-,27+,31?/m1/s1. The molecule has 17 nitrogen and oxygen atoms in total. The lowest BCUT2D eigenvalue weighted by molar-refractivity contribution is -0.136. The van der Waals surface area contributed by atoms with Gasteiger partial charge in [-0.3, -0.25) is 39.0 Å². The molecule has 4 N–H and O–H groups in total. The van der Waals surface area contributed by atoms with Crippen LogP contribution in [0.5, 0.6) is 0 Å². The molecule has 0 saturated carbocycles. The third-order valence-electron chi connectivity index (χ3n) is 10.0. The minimum Gasteiger partial charge on any atom is -0.382 e. The number of ether oxygens (including phenoxy) is 3. The smallest absolute Gasteiger partial charge is 0.282 e. The molecule has 3 aliphatic heterocycles. The number of aryl methyl sites for hydroxylation is 1. The molecule has 3 atom stereocenters. The quantitative estimate of drug-likeness (QED) is 0.107. The number of nitrogens with zero attached hydrogens (tertiary/aromatic N) is 4. The van der Waals surface area contributed by atoms with Crippen molar-refractivity contribution in [3.05, 3.63) is 85.7 Å². The van der Waals surface area contributed by atoms with Crippen LogP contribution in [0.4, 0.5) is 11.4 Å². The van der Waals surface area contributed by atoms with Crippen LogP contribution in [-0.2, 0) is 30.8 Å². The van der Waals surface area contributed by atoms with Gasteiger partial charge in [-0.25, -0.2) is 4.68 Å². The van der Waals surface area contributed by atoms with Crippen molar-refractivity contribution in [2.45, 2.75) is 37.3 Å². The van der Waals surface area contributed by atoms with E-state index in [4.69, 9.17) is 14.2 Å². The zero-order valence-corrected chi connectivity index (χ0v) is 33.5. The van der Waals surface area contributed by atoms with E-state index in [1.807, 2.05) is 24.3 Å². The Kier molecular flexibility index (Phi) is 14.2. The molecule has 2 saturated heterocycles. The highest BCUT2D eigenvalue weighted by molar-refractivity contribution is 9.10. The van der Waals surface area contributed by atoms with Crippen molar-refractivity contribution in [1.29, 1.82) is 0 Å². The topological polar surface area (TPSA) is 203 Å². The zero-order valence-electron chi connectivity index (χ0n) is 31.9. The first-order chi connectivity index (χ1) is 27.5. The maximum absolute atomic E-state index is 13.2. The van der Waals surface area contributed by atoms with E-state index in [1.165, 1.54) is 4.68 Å². The van der Waals surface area contributed by atoms with Gasteiger partial charge >= 0.3 is 0 Å². The Balaban J connectivity index is 0.812. The summed E-state index contributed by atoms with van der Waals surface area (Å²) in [5.41, 5.74) is 3.06. The monoisotopic (exact) mass is 850 g/mol. The Labute approximate surface area is 337 Å². The SMILES string of the molecule is CN1C[C@@H](Nc2cnn(C)c(=O)c2Br)C[C@@H](c2ccc(C(=O)NCCOCCOCCOCCNc3cccc4c3C(=O)N(C3CCC(=O)NC3=O)C4=O)cc2)C1. The van der Waals surface area contributed by atoms with E-state index in [0.29, 0.717) is 74.1 Å². The number of imide groups is 2. The molecule has 0 aliphatic carbocycles. The van der Waals surface area contributed by atoms with Gasteiger partial charge in [0.25, 0.3) is 23.3 Å². The number of halogens is 1. The first kappa shape index (κ1) is 41.6. The highest BCUT2D eigenvalue weighted by Crippen LogP contribution is 2.33. The number of carbonyl (C=O) groups is 5. The van der Waals surface area contributed by atoms with Gasteiger partial charge in [-0.05, 0) is 71.6 Å². The minimum absolute atomic E-state index is 0.0562. The maximum atomic E-state index is 13.2. The summed E-state index contributed by atoms with van der Waals surface area (Å²) in [5, 5.41) is 15.8. The highest BCUT2D eigenvalue weighted by Gasteiger charge is 2.45. The molecule has 5 amide bonds. The molecule has 6 rings (SSSR count). The van der Waals surface area contributed by atoms with Gasteiger partial charge in [-0.2, -0.15) is 5.10 Å². The summed E-state index contributed by atoms with van der Waals surface area (Å²) in [6.45, 7) is 4.47. The normalized spacial score (nSPS) is 19.7. The number of fused-ring (bicyclic) bond motifs is 1. The first-order valence-electron chi connectivity index (χ1n) is 18.9. The van der Waals surface area contributed by atoms with Crippen molar-refractivity contribution in [1.82, 2.24) is 30.2 Å². The van der Waals surface area contributed by atoms with E-state index in [1.54, 1.807) is 31.4 Å². The van der Waals surface area contributed by atoms with Crippen LogP contribution >= 0.6 is 15.9 Å². The van der Waals surface area contributed by atoms with Gasteiger partial charge in [0, 0.05) is 56.9 Å². The summed E-state index contributed by atoms with van der Waals surface area (Å²) in [4.78, 5) is 78.3. The summed E-state index contributed by atoms with van der Waals surface area (Å²) in [6.07, 6.45) is 2.67. The number of piperidine rings is 2. The second kappa shape index (κ2) is 19.4. The predicted molar refractivity (Wildman–Crippen MR) is 212 cm³/mol. The maximum Gasteiger partial charge on any atom is 0.282 e. The molecule has 0 bridgehead atoms. The fraction of sp³-hybridized carbons (Fsp3) is 0.462. The number of likely N-dealkylation sites (N-methyl/N-ethyl adjacent to an activating group) is 1. The third-order valence-corrected chi connectivity index (χ3v) is 10.8. The molecule has 1 aromatic heterocycles. The summed E-state index contributed by atoms with van der Waals surface area (Å²) >= 11 is 3.39. The predicted octanol–water partition coefficient (Wildman–Crippen LogP) is 1.74. The summed E-state index contributed by atoms with van der Waals surface area (Å²) in [6, 6.07) is 11.7. The number of hydrogen-bond donors (Lipinski definition) is 4. The minimum atomic E-state index is -1.02. The molecular weight excluding hydrogens is 804 g/mol. The van der Waals surface area contributed by atoms with Crippen molar-refractivity contribution >= 4 is 56.8 Å². The molecule has 304 valence electrons. The molecule has 4 heterocycles. The zero-order chi connectivity index (χ0) is 40.5. The van der Waals surface area contributed by atoms with E-state index in [2.05, 4.69) is 54.2 Å². The van der Waals surface area contributed by atoms with Crippen LogP contribution in [0.15, 0.2) is 57.9 Å². The van der Waals surface area contributed by atoms with Crippen LogP contribution in [0.2, 0.25) is 0 Å². The average molecular weight is 852 g/mol. The number of carbonyl (C=O) groups excluding carboxylic acids is 5. The van der Waals surface area contributed by atoms with Crippen molar-refractivity contribution in [3.63, 3.8) is 0 Å². The number of aromatic nitrogens is 2. The van der Waals surface area contributed by atoms with Gasteiger partial charge in [0.15, 0.2) is 0 Å². The Morgan fingerprint density at radius 3 is 2.30 bits per heavy atom.